The van der Waals surface area contributed by atoms with Gasteiger partial charge in [-0.05, 0) is 61.5 Å². The monoisotopic (exact) mass is 516 g/mol. The van der Waals surface area contributed by atoms with Crippen LogP contribution < -0.4 is 14.4 Å². The summed E-state index contributed by atoms with van der Waals surface area (Å²) in [6.45, 7) is 0.989. The summed E-state index contributed by atoms with van der Waals surface area (Å²) in [5, 5.41) is 2.67. The Bertz CT molecular complexity index is 1230. The first-order valence-electron chi connectivity index (χ1n) is 9.54. The zero-order valence-electron chi connectivity index (χ0n) is 17.4. The van der Waals surface area contributed by atoms with Crippen molar-refractivity contribution in [2.45, 2.75) is 11.8 Å². The topological polar surface area (TPSA) is 92.8 Å². The summed E-state index contributed by atoms with van der Waals surface area (Å²) in [5.74, 6) is -0.469. The number of halogens is 1. The minimum absolute atomic E-state index is 0.0724. The fraction of sp³-hybridized carbons (Fsp3) is 0.130. The smallest absolute Gasteiger partial charge is 0.268 e. The van der Waals surface area contributed by atoms with Crippen molar-refractivity contribution in [1.82, 2.24) is 0 Å². The van der Waals surface area contributed by atoms with E-state index in [1.165, 1.54) is 26.2 Å². The van der Waals surface area contributed by atoms with Gasteiger partial charge in [0.25, 0.3) is 10.0 Å². The lowest BCUT2D eigenvalue weighted by Gasteiger charge is -2.25. The maximum atomic E-state index is 13.6. The fourth-order valence-corrected chi connectivity index (χ4v) is 5.12. The van der Waals surface area contributed by atoms with Crippen LogP contribution in [-0.4, -0.2) is 33.8 Å². The molecule has 0 aliphatic heterocycles. The number of hydrogen-bond donors (Lipinski definition) is 1. The second kappa shape index (κ2) is 9.97. The van der Waals surface area contributed by atoms with Crippen molar-refractivity contribution in [3.8, 4) is 5.75 Å². The first kappa shape index (κ1) is 23.5. The summed E-state index contributed by atoms with van der Waals surface area (Å²) >= 11 is 3.29. The Balaban J connectivity index is 1.94. The summed E-state index contributed by atoms with van der Waals surface area (Å²) in [6.07, 6.45) is 0. The highest BCUT2D eigenvalue weighted by Gasteiger charge is 2.30. The third-order valence-corrected chi connectivity index (χ3v) is 6.89. The van der Waals surface area contributed by atoms with Crippen LogP contribution in [0.3, 0.4) is 0 Å². The maximum Gasteiger partial charge on any atom is 0.268 e. The van der Waals surface area contributed by atoms with E-state index >= 15 is 0 Å². The molecule has 3 aromatic carbocycles. The summed E-state index contributed by atoms with van der Waals surface area (Å²) in [7, 11) is -2.77. The van der Waals surface area contributed by atoms with Crippen LogP contribution in [0.5, 0.6) is 5.75 Å². The molecule has 166 valence electrons. The summed E-state index contributed by atoms with van der Waals surface area (Å²) in [6, 6.07) is 19.4. The standard InChI is InChI=1S/C23H21BrN2O5S/c1-16(27)17-8-11-19(12-9-17)25-23(28)15-26(20-6-4-3-5-7-20)32(29,30)22-14-18(24)10-13-21(22)31-2/h3-14H,15H2,1-2H3,(H,25,28). The average molecular weight is 517 g/mol. The van der Waals surface area contributed by atoms with Gasteiger partial charge in [-0.3, -0.25) is 13.9 Å². The van der Waals surface area contributed by atoms with Crippen LogP contribution in [0.2, 0.25) is 0 Å². The summed E-state index contributed by atoms with van der Waals surface area (Å²) in [4.78, 5) is 24.1. The van der Waals surface area contributed by atoms with Crippen LogP contribution in [0.25, 0.3) is 0 Å². The van der Waals surface area contributed by atoms with E-state index in [2.05, 4.69) is 21.2 Å². The van der Waals surface area contributed by atoms with Gasteiger partial charge in [0.05, 0.1) is 12.8 Å². The predicted octanol–water partition coefficient (Wildman–Crippen LogP) is 4.49. The summed E-state index contributed by atoms with van der Waals surface area (Å²) < 4.78 is 34.0. The van der Waals surface area contributed by atoms with E-state index in [0.717, 1.165) is 4.31 Å². The first-order chi connectivity index (χ1) is 15.2. The molecule has 0 unspecified atom stereocenters. The Morgan fingerprint density at radius 3 is 2.25 bits per heavy atom. The number of ketones is 1. The van der Waals surface area contributed by atoms with Crippen molar-refractivity contribution in [1.29, 1.82) is 0 Å². The number of methoxy groups -OCH3 is 1. The number of rotatable bonds is 8. The number of para-hydroxylation sites is 1. The van der Waals surface area contributed by atoms with Crippen LogP contribution in [0.4, 0.5) is 11.4 Å². The van der Waals surface area contributed by atoms with Crippen molar-refractivity contribution in [3.05, 3.63) is 82.8 Å². The molecule has 0 aromatic heterocycles. The van der Waals surface area contributed by atoms with Gasteiger partial charge in [0.15, 0.2) is 5.78 Å². The lowest BCUT2D eigenvalue weighted by Crippen LogP contribution is -2.38. The molecule has 1 amide bonds. The van der Waals surface area contributed by atoms with Gasteiger partial charge >= 0.3 is 0 Å². The molecule has 32 heavy (non-hydrogen) atoms. The molecule has 3 aromatic rings. The van der Waals surface area contributed by atoms with Crippen LogP contribution in [-0.2, 0) is 14.8 Å². The van der Waals surface area contributed by atoms with Gasteiger partial charge in [-0.2, -0.15) is 0 Å². The zero-order chi connectivity index (χ0) is 23.3. The normalized spacial score (nSPS) is 11.0. The molecule has 0 radical (unpaired) electrons. The Morgan fingerprint density at radius 2 is 1.66 bits per heavy atom. The second-order valence-corrected chi connectivity index (χ2v) is 9.57. The van der Waals surface area contributed by atoms with Gasteiger partial charge in [-0.15, -0.1) is 0 Å². The van der Waals surface area contributed by atoms with E-state index < -0.39 is 22.5 Å². The number of carbonyl (C=O) groups excluding carboxylic acids is 2. The SMILES string of the molecule is COc1ccc(Br)cc1S(=O)(=O)N(CC(=O)Nc1ccc(C(C)=O)cc1)c1ccccc1. The minimum atomic E-state index is -4.15. The molecule has 0 saturated carbocycles. The molecular weight excluding hydrogens is 496 g/mol. The number of anilines is 2. The molecule has 9 heteroatoms. The first-order valence-corrected chi connectivity index (χ1v) is 11.8. The highest BCUT2D eigenvalue weighted by molar-refractivity contribution is 9.10. The van der Waals surface area contributed by atoms with Crippen molar-refractivity contribution < 1.29 is 22.7 Å². The summed E-state index contributed by atoms with van der Waals surface area (Å²) in [5.41, 5.74) is 1.29. The van der Waals surface area contributed by atoms with E-state index in [4.69, 9.17) is 4.74 Å². The molecular formula is C23H21BrN2O5S. The van der Waals surface area contributed by atoms with Crippen LogP contribution in [0.15, 0.2) is 82.2 Å². The molecule has 0 spiro atoms. The number of carbonyl (C=O) groups is 2. The Morgan fingerprint density at radius 1 is 1.00 bits per heavy atom. The molecule has 7 nitrogen and oxygen atoms in total. The molecule has 0 fully saturated rings. The van der Waals surface area contributed by atoms with E-state index in [1.54, 1.807) is 60.7 Å². The number of hydrogen-bond acceptors (Lipinski definition) is 5. The Kier molecular flexibility index (Phi) is 7.32. The van der Waals surface area contributed by atoms with Crippen LogP contribution in [0, 0.1) is 0 Å². The van der Waals surface area contributed by atoms with Crippen molar-refractivity contribution in [3.63, 3.8) is 0 Å². The number of sulfonamides is 1. The number of Topliss-reactive ketones (excluding diaryl/α,β-unsaturated/α-hetero) is 1. The third kappa shape index (κ3) is 5.35. The van der Waals surface area contributed by atoms with Gasteiger partial charge in [-0.1, -0.05) is 34.1 Å². The third-order valence-electron chi connectivity index (χ3n) is 4.60. The van der Waals surface area contributed by atoms with E-state index in [9.17, 15) is 18.0 Å². The van der Waals surface area contributed by atoms with Gasteiger partial charge in [-0.25, -0.2) is 8.42 Å². The second-order valence-electron chi connectivity index (χ2n) is 6.82. The Hall–Kier alpha value is -3.17. The highest BCUT2D eigenvalue weighted by atomic mass is 79.9. The van der Waals surface area contributed by atoms with E-state index in [0.29, 0.717) is 21.4 Å². The van der Waals surface area contributed by atoms with Gasteiger partial charge in [0.1, 0.15) is 17.2 Å². The molecule has 1 N–H and O–H groups in total. The van der Waals surface area contributed by atoms with Gasteiger partial charge in [0, 0.05) is 15.7 Å². The number of ether oxygens (including phenoxy) is 1. The van der Waals surface area contributed by atoms with Crippen molar-refractivity contribution in [2.75, 3.05) is 23.3 Å². The van der Waals surface area contributed by atoms with Gasteiger partial charge in [0.2, 0.25) is 5.91 Å². The molecule has 0 bridgehead atoms. The minimum Gasteiger partial charge on any atom is -0.495 e. The molecule has 0 aliphatic rings. The number of nitrogens with zero attached hydrogens (tertiary/aromatic N) is 1. The molecule has 3 rings (SSSR count). The predicted molar refractivity (Wildman–Crippen MR) is 127 cm³/mol. The molecule has 0 saturated heterocycles. The van der Waals surface area contributed by atoms with Crippen molar-refractivity contribution in [2.24, 2.45) is 0 Å². The van der Waals surface area contributed by atoms with Gasteiger partial charge < -0.3 is 10.1 Å². The molecule has 0 heterocycles. The van der Waals surface area contributed by atoms with Crippen molar-refractivity contribution >= 4 is 49.0 Å². The van der Waals surface area contributed by atoms with Crippen LogP contribution >= 0.6 is 15.9 Å². The largest absolute Gasteiger partial charge is 0.495 e. The van der Waals surface area contributed by atoms with E-state index in [-0.39, 0.29) is 16.4 Å². The average Bonchev–Trinajstić information content (AvgIpc) is 2.78. The fourth-order valence-electron chi connectivity index (χ4n) is 3.00. The lowest BCUT2D eigenvalue weighted by molar-refractivity contribution is -0.114. The highest BCUT2D eigenvalue weighted by Crippen LogP contribution is 2.32. The molecule has 0 aliphatic carbocycles. The number of benzene rings is 3. The quantitative estimate of drug-likeness (QED) is 0.445. The lowest BCUT2D eigenvalue weighted by atomic mass is 10.1. The number of amides is 1. The zero-order valence-corrected chi connectivity index (χ0v) is 19.8. The number of nitrogens with one attached hydrogen (secondary N) is 1. The molecule has 0 atom stereocenters. The van der Waals surface area contributed by atoms with Crippen LogP contribution in [0.1, 0.15) is 17.3 Å². The Labute approximate surface area is 195 Å². The van der Waals surface area contributed by atoms with E-state index in [1.807, 2.05) is 0 Å². The maximum absolute atomic E-state index is 13.6.